The molecule has 1 N–H and O–H groups in total. The second kappa shape index (κ2) is 6.89. The van der Waals surface area contributed by atoms with Crippen LogP contribution in [0.2, 0.25) is 0 Å². The van der Waals surface area contributed by atoms with Crippen LogP contribution >= 0.6 is 12.2 Å². The van der Waals surface area contributed by atoms with Crippen molar-refractivity contribution in [2.45, 2.75) is 32.6 Å². The van der Waals surface area contributed by atoms with E-state index in [1.807, 2.05) is 32.9 Å². The zero-order valence-corrected chi connectivity index (χ0v) is 14.6. The zero-order chi connectivity index (χ0) is 17.9. The summed E-state index contributed by atoms with van der Waals surface area (Å²) in [4.78, 5) is 15.7. The summed E-state index contributed by atoms with van der Waals surface area (Å²) < 4.78 is 0. The summed E-state index contributed by atoms with van der Waals surface area (Å²) in [6.45, 7) is 6.56. The van der Waals surface area contributed by atoms with Crippen LogP contribution in [0.3, 0.4) is 0 Å². The highest BCUT2D eigenvalue weighted by atomic mass is 32.1. The number of nitrogens with one attached hydrogen (secondary N) is 1. The summed E-state index contributed by atoms with van der Waals surface area (Å²) >= 11 is 5.43. The summed E-state index contributed by atoms with van der Waals surface area (Å²) in [5.74, 6) is 0. The van der Waals surface area contributed by atoms with Crippen molar-refractivity contribution in [2.75, 3.05) is 6.54 Å². The second-order valence-electron chi connectivity index (χ2n) is 6.43. The van der Waals surface area contributed by atoms with Gasteiger partial charge in [-0.3, -0.25) is 15.1 Å². The lowest BCUT2D eigenvalue weighted by molar-refractivity contribution is -0.384. The third-order valence-electron chi connectivity index (χ3n) is 3.54. The molecule has 7 heteroatoms. The summed E-state index contributed by atoms with van der Waals surface area (Å²) in [6.07, 6.45) is 0.329. The fourth-order valence-electron chi connectivity index (χ4n) is 2.23. The van der Waals surface area contributed by atoms with Gasteiger partial charge in [0.05, 0.1) is 22.9 Å². The lowest BCUT2D eigenvalue weighted by Crippen LogP contribution is -2.24. The van der Waals surface area contributed by atoms with E-state index in [1.54, 1.807) is 6.07 Å². The van der Waals surface area contributed by atoms with E-state index in [1.165, 1.54) is 12.1 Å². The first-order chi connectivity index (χ1) is 11.2. The Hall–Kier alpha value is -2.59. The summed E-state index contributed by atoms with van der Waals surface area (Å²) in [6, 6.07) is 8.49. The summed E-state index contributed by atoms with van der Waals surface area (Å²) in [5.41, 5.74) is 2.01. The molecule has 0 unspecified atom stereocenters. The number of nitro benzene ring substituents is 1. The Kier molecular flexibility index (Phi) is 5.10. The molecule has 0 saturated heterocycles. The Morgan fingerprint density at radius 2 is 2.12 bits per heavy atom. The van der Waals surface area contributed by atoms with Crippen molar-refractivity contribution in [1.29, 1.82) is 5.26 Å². The van der Waals surface area contributed by atoms with Gasteiger partial charge in [-0.1, -0.05) is 33.0 Å². The number of nitro groups is 1. The Bertz CT molecular complexity index is 850. The van der Waals surface area contributed by atoms with E-state index in [4.69, 9.17) is 17.5 Å². The maximum atomic E-state index is 11.1. The van der Waals surface area contributed by atoms with E-state index in [0.29, 0.717) is 34.4 Å². The molecule has 0 spiro atoms. The van der Waals surface area contributed by atoms with Gasteiger partial charge in [0.2, 0.25) is 0 Å². The van der Waals surface area contributed by atoms with Crippen molar-refractivity contribution >= 4 is 33.8 Å². The minimum Gasteiger partial charge on any atom is -0.375 e. The molecule has 0 aliphatic heterocycles. The molecular weight excluding hydrogens is 324 g/mol. The molecule has 0 saturated carbocycles. The molecule has 0 atom stereocenters. The molecule has 1 heterocycles. The van der Waals surface area contributed by atoms with Gasteiger partial charge in [-0.2, -0.15) is 5.26 Å². The van der Waals surface area contributed by atoms with Crippen molar-refractivity contribution in [3.8, 4) is 6.07 Å². The maximum absolute atomic E-state index is 11.1. The average molecular weight is 342 g/mol. The van der Waals surface area contributed by atoms with Crippen molar-refractivity contribution < 1.29 is 4.92 Å². The van der Waals surface area contributed by atoms with Gasteiger partial charge >= 0.3 is 0 Å². The number of nitriles is 1. The van der Waals surface area contributed by atoms with E-state index < -0.39 is 4.92 Å². The molecule has 24 heavy (non-hydrogen) atoms. The Balaban J connectivity index is 2.62. The number of nitrogens with zero attached hydrogens (tertiary/aromatic N) is 3. The Morgan fingerprint density at radius 1 is 1.42 bits per heavy atom. The molecule has 0 aliphatic carbocycles. The first kappa shape index (κ1) is 17.8. The Morgan fingerprint density at radius 3 is 2.71 bits per heavy atom. The molecule has 6 nitrogen and oxygen atoms in total. The van der Waals surface area contributed by atoms with Gasteiger partial charge in [-0.15, -0.1) is 0 Å². The molecule has 0 amide bonds. The summed E-state index contributed by atoms with van der Waals surface area (Å²) in [7, 11) is 0. The van der Waals surface area contributed by atoms with Gasteiger partial charge in [-0.25, -0.2) is 0 Å². The first-order valence-corrected chi connectivity index (χ1v) is 7.89. The number of hydrogen-bond donors (Lipinski definition) is 1. The smallest absolute Gasteiger partial charge is 0.270 e. The van der Waals surface area contributed by atoms with Crippen LogP contribution < -0.4 is 5.32 Å². The number of pyridine rings is 1. The second-order valence-corrected chi connectivity index (χ2v) is 6.84. The van der Waals surface area contributed by atoms with E-state index in [2.05, 4.69) is 10.3 Å². The lowest BCUT2D eigenvalue weighted by Gasteiger charge is -2.20. The minimum atomic E-state index is -0.437. The third kappa shape index (κ3) is 3.84. The molecule has 124 valence electrons. The largest absolute Gasteiger partial charge is 0.375 e. The van der Waals surface area contributed by atoms with Gasteiger partial charge in [-0.05, 0) is 12.1 Å². The van der Waals surface area contributed by atoms with Crippen LogP contribution in [-0.4, -0.2) is 21.4 Å². The van der Waals surface area contributed by atoms with Crippen molar-refractivity contribution in [3.05, 3.63) is 45.6 Å². The van der Waals surface area contributed by atoms with Gasteiger partial charge in [0, 0.05) is 40.7 Å². The van der Waals surface area contributed by atoms with Crippen LogP contribution in [0.25, 0.3) is 10.9 Å². The van der Waals surface area contributed by atoms with Crippen LogP contribution in [0.5, 0.6) is 0 Å². The Labute approximate surface area is 145 Å². The fourth-order valence-corrected chi connectivity index (χ4v) is 2.50. The predicted molar refractivity (Wildman–Crippen MR) is 97.0 cm³/mol. The minimum absolute atomic E-state index is 0.00566. The van der Waals surface area contributed by atoms with E-state index in [-0.39, 0.29) is 11.1 Å². The predicted octanol–water partition coefficient (Wildman–Crippen LogP) is 3.62. The molecule has 2 aromatic rings. The monoisotopic (exact) mass is 342 g/mol. The number of thiocarbonyl (C=S) groups is 1. The zero-order valence-electron chi connectivity index (χ0n) is 13.8. The standard InChI is InChI=1S/C17H18N4O2S/c1-17(2,3)15-10-13(16(24)19-8-4-7-18)12-9-11(21(22)23)5-6-14(12)20-15/h5-6,9-10H,4,8H2,1-3H3,(H,19,24). The maximum Gasteiger partial charge on any atom is 0.270 e. The third-order valence-corrected chi connectivity index (χ3v) is 3.90. The van der Waals surface area contributed by atoms with Gasteiger partial charge < -0.3 is 5.32 Å². The average Bonchev–Trinajstić information content (AvgIpc) is 2.52. The summed E-state index contributed by atoms with van der Waals surface area (Å²) in [5, 5.41) is 23.4. The highest BCUT2D eigenvalue weighted by Gasteiger charge is 2.20. The topological polar surface area (TPSA) is 91.8 Å². The van der Waals surface area contributed by atoms with E-state index >= 15 is 0 Å². The molecule has 1 aromatic heterocycles. The number of benzene rings is 1. The van der Waals surface area contributed by atoms with Crippen LogP contribution in [-0.2, 0) is 5.41 Å². The number of aromatic nitrogens is 1. The first-order valence-electron chi connectivity index (χ1n) is 7.49. The normalized spacial score (nSPS) is 11.1. The molecular formula is C17H18N4O2S. The van der Waals surface area contributed by atoms with Crippen LogP contribution in [0.4, 0.5) is 5.69 Å². The van der Waals surface area contributed by atoms with Crippen LogP contribution in [0.15, 0.2) is 24.3 Å². The SMILES string of the molecule is CC(C)(C)c1cc(C(=S)NCCC#N)c2cc([N+](=O)[O-])ccc2n1. The number of rotatable bonds is 4. The van der Waals surface area contributed by atoms with Crippen LogP contribution in [0.1, 0.15) is 38.4 Å². The van der Waals surface area contributed by atoms with E-state index in [9.17, 15) is 10.1 Å². The van der Waals surface area contributed by atoms with Gasteiger partial charge in [0.25, 0.3) is 5.69 Å². The molecule has 0 fully saturated rings. The molecule has 0 aliphatic rings. The molecule has 0 radical (unpaired) electrons. The van der Waals surface area contributed by atoms with E-state index in [0.717, 1.165) is 5.69 Å². The highest BCUT2D eigenvalue weighted by molar-refractivity contribution is 7.80. The number of non-ortho nitro benzene ring substituents is 1. The van der Waals surface area contributed by atoms with Crippen molar-refractivity contribution in [3.63, 3.8) is 0 Å². The molecule has 1 aromatic carbocycles. The van der Waals surface area contributed by atoms with Crippen molar-refractivity contribution in [1.82, 2.24) is 10.3 Å². The fraction of sp³-hybridized carbons (Fsp3) is 0.353. The molecule has 2 rings (SSSR count). The quantitative estimate of drug-likeness (QED) is 0.395. The highest BCUT2D eigenvalue weighted by Crippen LogP contribution is 2.28. The number of hydrogen-bond acceptors (Lipinski definition) is 5. The number of fused-ring (bicyclic) bond motifs is 1. The lowest BCUT2D eigenvalue weighted by atomic mass is 9.89. The van der Waals surface area contributed by atoms with Crippen LogP contribution in [0, 0.1) is 21.4 Å². The molecule has 0 bridgehead atoms. The van der Waals surface area contributed by atoms with Crippen molar-refractivity contribution in [2.24, 2.45) is 0 Å². The van der Waals surface area contributed by atoms with Gasteiger partial charge in [0.1, 0.15) is 4.99 Å². The van der Waals surface area contributed by atoms with Gasteiger partial charge in [0.15, 0.2) is 0 Å².